The molecule has 0 atom stereocenters. The Labute approximate surface area is 140 Å². The molecule has 0 unspecified atom stereocenters. The third-order valence-electron chi connectivity index (χ3n) is 3.17. The van der Waals surface area contributed by atoms with E-state index in [2.05, 4.69) is 36.4 Å². The summed E-state index contributed by atoms with van der Waals surface area (Å²) in [5.74, 6) is 1.00. The van der Waals surface area contributed by atoms with Crippen LogP contribution >= 0.6 is 15.9 Å². The van der Waals surface area contributed by atoms with Crippen LogP contribution in [0.2, 0.25) is 0 Å². The molecule has 3 rings (SSSR count). The zero-order valence-corrected chi connectivity index (χ0v) is 13.8. The fourth-order valence-electron chi connectivity index (χ4n) is 2.00. The maximum atomic E-state index is 12.2. The topological polar surface area (TPSA) is 79.9 Å². The van der Waals surface area contributed by atoms with Crippen LogP contribution in [-0.2, 0) is 0 Å². The van der Waals surface area contributed by atoms with Gasteiger partial charge in [0.1, 0.15) is 5.75 Å². The molecule has 0 aliphatic rings. The number of rotatable bonds is 4. The van der Waals surface area contributed by atoms with Gasteiger partial charge in [-0.15, -0.1) is 10.2 Å². The number of anilines is 2. The zero-order chi connectivity index (χ0) is 16.2. The van der Waals surface area contributed by atoms with Crippen molar-refractivity contribution in [1.82, 2.24) is 15.2 Å². The first kappa shape index (κ1) is 15.2. The van der Waals surface area contributed by atoms with E-state index in [0.717, 1.165) is 10.2 Å². The van der Waals surface area contributed by atoms with Crippen LogP contribution < -0.4 is 15.6 Å². The molecule has 0 bridgehead atoms. The van der Waals surface area contributed by atoms with Crippen molar-refractivity contribution in [2.45, 2.75) is 0 Å². The Balaban J connectivity index is 1.85. The van der Waals surface area contributed by atoms with Gasteiger partial charge in [0.25, 0.3) is 5.56 Å². The molecule has 116 valence electrons. The summed E-state index contributed by atoms with van der Waals surface area (Å²) in [5.41, 5.74) is 1.42. The van der Waals surface area contributed by atoms with E-state index in [4.69, 9.17) is 4.74 Å². The lowest BCUT2D eigenvalue weighted by Gasteiger charge is -2.06. The molecule has 2 aromatic carbocycles. The minimum absolute atomic E-state index is 0.258. The summed E-state index contributed by atoms with van der Waals surface area (Å²) < 4.78 is 6.06. The molecule has 0 saturated carbocycles. The highest BCUT2D eigenvalue weighted by molar-refractivity contribution is 9.10. The normalized spacial score (nSPS) is 10.3. The van der Waals surface area contributed by atoms with Crippen molar-refractivity contribution in [2.24, 2.45) is 0 Å². The number of aromatic nitrogens is 3. The number of nitrogens with one attached hydrogen (secondary N) is 2. The second-order valence-electron chi connectivity index (χ2n) is 4.71. The van der Waals surface area contributed by atoms with Gasteiger partial charge in [-0.1, -0.05) is 15.9 Å². The van der Waals surface area contributed by atoms with Gasteiger partial charge < -0.3 is 10.1 Å². The second kappa shape index (κ2) is 6.62. The monoisotopic (exact) mass is 372 g/mol. The quantitative estimate of drug-likeness (QED) is 0.733. The summed E-state index contributed by atoms with van der Waals surface area (Å²) in [4.78, 5) is 14.9. The number of benzene rings is 2. The van der Waals surface area contributed by atoms with Crippen LogP contribution in [-0.4, -0.2) is 22.3 Å². The molecule has 1 aromatic heterocycles. The predicted molar refractivity (Wildman–Crippen MR) is 92.1 cm³/mol. The second-order valence-corrected chi connectivity index (χ2v) is 5.63. The lowest BCUT2D eigenvalue weighted by molar-refractivity contribution is 0.415. The van der Waals surface area contributed by atoms with Gasteiger partial charge in [-0.05, 0) is 48.5 Å². The highest BCUT2D eigenvalue weighted by atomic mass is 79.9. The van der Waals surface area contributed by atoms with Gasteiger partial charge in [0, 0.05) is 15.7 Å². The Morgan fingerprint density at radius 2 is 1.74 bits per heavy atom. The van der Waals surface area contributed by atoms with Gasteiger partial charge in [-0.3, -0.25) is 9.78 Å². The van der Waals surface area contributed by atoms with E-state index in [-0.39, 0.29) is 17.2 Å². The van der Waals surface area contributed by atoms with Gasteiger partial charge in [0.05, 0.1) is 7.11 Å². The Morgan fingerprint density at radius 1 is 1.04 bits per heavy atom. The fourth-order valence-corrected chi connectivity index (χ4v) is 2.27. The number of H-pyrrole nitrogens is 1. The van der Waals surface area contributed by atoms with Crippen LogP contribution in [0.1, 0.15) is 0 Å². The Hall–Kier alpha value is -2.67. The third kappa shape index (κ3) is 3.57. The highest BCUT2D eigenvalue weighted by Crippen LogP contribution is 2.19. The molecule has 1 heterocycles. The number of ether oxygens (including phenoxy) is 1. The van der Waals surface area contributed by atoms with Crippen LogP contribution in [0.3, 0.4) is 0 Å². The van der Waals surface area contributed by atoms with E-state index in [9.17, 15) is 4.79 Å². The van der Waals surface area contributed by atoms with Crippen LogP contribution in [0.15, 0.2) is 57.8 Å². The standard InChI is InChI=1S/C16H13BrN4O2/c1-23-13-8-2-10(3-9-13)14-15(22)19-16(21-20-14)18-12-6-4-11(17)5-7-12/h2-9H,1H3,(H2,18,19,21,22). The molecular weight excluding hydrogens is 360 g/mol. The first-order valence-electron chi connectivity index (χ1n) is 6.80. The summed E-state index contributed by atoms with van der Waals surface area (Å²) in [6, 6.07) is 14.6. The molecular formula is C16H13BrN4O2. The number of hydrogen-bond donors (Lipinski definition) is 2. The van der Waals surface area contributed by atoms with Gasteiger partial charge in [0.15, 0.2) is 5.69 Å². The average Bonchev–Trinajstić information content (AvgIpc) is 2.57. The van der Waals surface area contributed by atoms with Crippen LogP contribution in [0.5, 0.6) is 5.75 Å². The minimum Gasteiger partial charge on any atom is -0.497 e. The molecule has 0 radical (unpaired) electrons. The smallest absolute Gasteiger partial charge is 0.279 e. The van der Waals surface area contributed by atoms with Crippen molar-refractivity contribution in [1.29, 1.82) is 0 Å². The molecule has 23 heavy (non-hydrogen) atoms. The van der Waals surface area contributed by atoms with E-state index in [0.29, 0.717) is 11.3 Å². The van der Waals surface area contributed by atoms with Crippen molar-refractivity contribution in [3.8, 4) is 17.0 Å². The maximum Gasteiger partial charge on any atom is 0.279 e. The molecule has 0 aliphatic carbocycles. The van der Waals surface area contributed by atoms with Crippen LogP contribution in [0.25, 0.3) is 11.3 Å². The first-order chi connectivity index (χ1) is 11.2. The van der Waals surface area contributed by atoms with E-state index in [1.165, 1.54) is 0 Å². The number of aromatic amines is 1. The minimum atomic E-state index is -0.315. The van der Waals surface area contributed by atoms with Crippen LogP contribution in [0.4, 0.5) is 11.6 Å². The van der Waals surface area contributed by atoms with E-state index in [1.54, 1.807) is 31.4 Å². The van der Waals surface area contributed by atoms with E-state index in [1.807, 2.05) is 24.3 Å². The summed E-state index contributed by atoms with van der Waals surface area (Å²) >= 11 is 3.37. The average molecular weight is 373 g/mol. The molecule has 6 nitrogen and oxygen atoms in total. The van der Waals surface area contributed by atoms with Gasteiger partial charge in [-0.2, -0.15) is 0 Å². The Morgan fingerprint density at radius 3 is 2.35 bits per heavy atom. The molecule has 2 N–H and O–H groups in total. The Bertz CT molecular complexity index is 860. The zero-order valence-electron chi connectivity index (χ0n) is 12.2. The van der Waals surface area contributed by atoms with Crippen LogP contribution in [0, 0.1) is 0 Å². The molecule has 7 heteroatoms. The van der Waals surface area contributed by atoms with Crippen molar-refractivity contribution in [3.05, 3.63) is 63.4 Å². The molecule has 0 fully saturated rings. The highest BCUT2D eigenvalue weighted by Gasteiger charge is 2.08. The third-order valence-corrected chi connectivity index (χ3v) is 3.70. The number of halogens is 1. The summed E-state index contributed by atoms with van der Waals surface area (Å²) in [7, 11) is 1.59. The summed E-state index contributed by atoms with van der Waals surface area (Å²) in [6.45, 7) is 0. The van der Waals surface area contributed by atoms with Gasteiger partial charge in [-0.25, -0.2) is 0 Å². The van der Waals surface area contributed by atoms with E-state index >= 15 is 0 Å². The van der Waals surface area contributed by atoms with Gasteiger partial charge >= 0.3 is 0 Å². The molecule has 0 saturated heterocycles. The molecule has 3 aromatic rings. The summed E-state index contributed by atoms with van der Waals surface area (Å²) in [6.07, 6.45) is 0. The predicted octanol–water partition coefficient (Wildman–Crippen LogP) is 3.35. The SMILES string of the molecule is COc1ccc(-c2nnc(Nc3ccc(Br)cc3)[nH]c2=O)cc1. The maximum absolute atomic E-state index is 12.2. The lowest BCUT2D eigenvalue weighted by atomic mass is 10.1. The fraction of sp³-hybridized carbons (Fsp3) is 0.0625. The first-order valence-corrected chi connectivity index (χ1v) is 7.59. The van der Waals surface area contributed by atoms with Gasteiger partial charge in [0.2, 0.25) is 5.95 Å². The van der Waals surface area contributed by atoms with E-state index < -0.39 is 0 Å². The number of methoxy groups -OCH3 is 1. The summed E-state index contributed by atoms with van der Waals surface area (Å²) in [5, 5.41) is 11.0. The van der Waals surface area contributed by atoms with Crippen molar-refractivity contribution >= 4 is 27.6 Å². The van der Waals surface area contributed by atoms with Crippen molar-refractivity contribution < 1.29 is 4.74 Å². The lowest BCUT2D eigenvalue weighted by Crippen LogP contribution is -2.15. The Kier molecular flexibility index (Phi) is 4.38. The molecule has 0 spiro atoms. The van der Waals surface area contributed by atoms with Crippen molar-refractivity contribution in [3.63, 3.8) is 0 Å². The number of nitrogens with zero attached hydrogens (tertiary/aromatic N) is 2. The molecule has 0 aliphatic heterocycles. The number of hydrogen-bond acceptors (Lipinski definition) is 5. The largest absolute Gasteiger partial charge is 0.497 e. The molecule has 0 amide bonds. The van der Waals surface area contributed by atoms with Crippen molar-refractivity contribution in [2.75, 3.05) is 12.4 Å².